The van der Waals surface area contributed by atoms with Crippen LogP contribution in [0.4, 0.5) is 0 Å². The Hall–Kier alpha value is -2.30. The topological polar surface area (TPSA) is 31.5 Å². The maximum absolute atomic E-state index is 5.92. The van der Waals surface area contributed by atoms with Gasteiger partial charge >= 0.3 is 0 Å². The fourth-order valence-electron chi connectivity index (χ4n) is 3.51. The smallest absolute Gasteiger partial charge is 0.119 e. The van der Waals surface area contributed by atoms with Gasteiger partial charge in [0.1, 0.15) is 5.75 Å². The molecule has 4 heteroatoms. The van der Waals surface area contributed by atoms with E-state index in [1.54, 1.807) is 0 Å². The van der Waals surface area contributed by atoms with Gasteiger partial charge in [0.15, 0.2) is 0 Å². The summed E-state index contributed by atoms with van der Waals surface area (Å²) in [4.78, 5) is 8.39. The molecule has 0 aliphatic carbocycles. The lowest BCUT2D eigenvalue weighted by molar-refractivity contribution is 0.145. The molecule has 0 radical (unpaired) electrons. The summed E-state index contributed by atoms with van der Waals surface area (Å²) >= 11 is 0. The van der Waals surface area contributed by atoms with Gasteiger partial charge in [-0.2, -0.15) is 0 Å². The Morgan fingerprint density at radius 2 is 1.73 bits per heavy atom. The molecule has 1 saturated heterocycles. The second kappa shape index (κ2) is 7.94. The van der Waals surface area contributed by atoms with E-state index in [1.807, 2.05) is 0 Å². The predicted octanol–water partition coefficient (Wildman–Crippen LogP) is 3.85. The normalized spacial score (nSPS) is 16.2. The van der Waals surface area contributed by atoms with Gasteiger partial charge in [-0.1, -0.05) is 18.2 Å². The lowest BCUT2D eigenvalue weighted by Gasteiger charge is -2.32. The summed E-state index contributed by atoms with van der Waals surface area (Å²) in [5, 5.41) is 1.24. The van der Waals surface area contributed by atoms with Crippen molar-refractivity contribution in [1.82, 2.24) is 14.8 Å². The molecule has 1 N–H and O–H groups in total. The Bertz CT molecular complexity index is 799. The molecule has 2 heterocycles. The van der Waals surface area contributed by atoms with E-state index in [9.17, 15) is 0 Å². The Morgan fingerprint density at radius 3 is 2.50 bits per heavy atom. The van der Waals surface area contributed by atoms with Crippen LogP contribution in [-0.2, 0) is 0 Å². The zero-order valence-corrected chi connectivity index (χ0v) is 15.4. The second-order valence-corrected chi connectivity index (χ2v) is 7.14. The lowest BCUT2D eigenvalue weighted by atomic mass is 10.1. The van der Waals surface area contributed by atoms with Crippen molar-refractivity contribution in [2.45, 2.75) is 6.42 Å². The van der Waals surface area contributed by atoms with E-state index in [1.165, 1.54) is 42.6 Å². The Morgan fingerprint density at radius 1 is 0.962 bits per heavy atom. The minimum Gasteiger partial charge on any atom is -0.494 e. The highest BCUT2D eigenvalue weighted by atomic mass is 16.5. The molecular formula is C22H27N3O. The molecule has 1 fully saturated rings. The quantitative estimate of drug-likeness (QED) is 0.686. The molecule has 2 aromatic carbocycles. The van der Waals surface area contributed by atoms with Gasteiger partial charge in [-0.3, -0.25) is 0 Å². The number of hydrogen-bond donors (Lipinski definition) is 1. The summed E-state index contributed by atoms with van der Waals surface area (Å²) in [6.45, 7) is 6.61. The number of piperazine rings is 1. The third kappa shape index (κ3) is 4.09. The number of para-hydroxylation sites is 1. The van der Waals surface area contributed by atoms with Gasteiger partial charge in [0.25, 0.3) is 0 Å². The molecular weight excluding hydrogens is 322 g/mol. The molecule has 0 saturated carbocycles. The molecule has 136 valence electrons. The van der Waals surface area contributed by atoms with E-state index in [2.05, 4.69) is 76.4 Å². The Kier molecular flexibility index (Phi) is 5.23. The summed E-state index contributed by atoms with van der Waals surface area (Å²) in [6.07, 6.45) is 1.08. The summed E-state index contributed by atoms with van der Waals surface area (Å²) in [7, 11) is 2.19. The zero-order chi connectivity index (χ0) is 17.8. The van der Waals surface area contributed by atoms with Crippen molar-refractivity contribution < 1.29 is 4.74 Å². The van der Waals surface area contributed by atoms with Crippen LogP contribution in [0.3, 0.4) is 0 Å². The lowest BCUT2D eigenvalue weighted by Crippen LogP contribution is -2.44. The van der Waals surface area contributed by atoms with Crippen LogP contribution >= 0.6 is 0 Å². The van der Waals surface area contributed by atoms with Crippen molar-refractivity contribution in [3.05, 3.63) is 54.6 Å². The van der Waals surface area contributed by atoms with Crippen molar-refractivity contribution >= 4 is 10.9 Å². The first-order valence-electron chi connectivity index (χ1n) is 9.50. The third-order valence-corrected chi connectivity index (χ3v) is 5.18. The first kappa shape index (κ1) is 17.1. The Labute approximate surface area is 155 Å². The molecule has 0 amide bonds. The van der Waals surface area contributed by atoms with Crippen LogP contribution in [-0.4, -0.2) is 61.2 Å². The summed E-state index contributed by atoms with van der Waals surface area (Å²) in [5.74, 6) is 0.947. The van der Waals surface area contributed by atoms with E-state index >= 15 is 0 Å². The fourth-order valence-corrected chi connectivity index (χ4v) is 3.51. The van der Waals surface area contributed by atoms with Crippen LogP contribution in [0.25, 0.3) is 22.2 Å². The zero-order valence-electron chi connectivity index (χ0n) is 15.4. The molecule has 0 atom stereocenters. The van der Waals surface area contributed by atoms with Gasteiger partial charge in [-0.15, -0.1) is 0 Å². The summed E-state index contributed by atoms with van der Waals surface area (Å²) in [5.41, 5.74) is 3.51. The highest BCUT2D eigenvalue weighted by Gasteiger charge is 2.12. The number of ether oxygens (including phenoxy) is 1. The predicted molar refractivity (Wildman–Crippen MR) is 108 cm³/mol. The Balaban J connectivity index is 1.28. The molecule has 0 unspecified atom stereocenters. The van der Waals surface area contributed by atoms with Crippen molar-refractivity contribution in [2.24, 2.45) is 0 Å². The molecule has 4 nitrogen and oxygen atoms in total. The number of fused-ring (bicyclic) bond motifs is 1. The molecule has 0 bridgehead atoms. The van der Waals surface area contributed by atoms with Crippen LogP contribution in [0.2, 0.25) is 0 Å². The molecule has 26 heavy (non-hydrogen) atoms. The number of likely N-dealkylation sites (N-methyl/N-ethyl adjacent to an activating group) is 1. The van der Waals surface area contributed by atoms with Crippen molar-refractivity contribution in [3.8, 4) is 17.0 Å². The first-order chi connectivity index (χ1) is 12.8. The highest BCUT2D eigenvalue weighted by Crippen LogP contribution is 2.25. The van der Waals surface area contributed by atoms with E-state index < -0.39 is 0 Å². The highest BCUT2D eigenvalue weighted by molar-refractivity contribution is 5.85. The average molecular weight is 349 g/mol. The largest absolute Gasteiger partial charge is 0.494 e. The van der Waals surface area contributed by atoms with E-state index in [4.69, 9.17) is 4.74 Å². The number of nitrogens with zero attached hydrogens (tertiary/aromatic N) is 2. The fraction of sp³-hybridized carbons (Fsp3) is 0.364. The number of hydrogen-bond acceptors (Lipinski definition) is 3. The number of benzene rings is 2. The summed E-state index contributed by atoms with van der Waals surface area (Å²) < 4.78 is 5.92. The van der Waals surface area contributed by atoms with Crippen molar-refractivity contribution in [2.75, 3.05) is 46.4 Å². The van der Waals surface area contributed by atoms with Gasteiger partial charge in [0.2, 0.25) is 0 Å². The van der Waals surface area contributed by atoms with Crippen LogP contribution in [0.1, 0.15) is 6.42 Å². The second-order valence-electron chi connectivity index (χ2n) is 7.14. The van der Waals surface area contributed by atoms with Gasteiger partial charge in [0, 0.05) is 49.3 Å². The van der Waals surface area contributed by atoms with Gasteiger partial charge in [0.05, 0.1) is 6.61 Å². The van der Waals surface area contributed by atoms with E-state index in [0.717, 1.165) is 31.0 Å². The first-order valence-corrected chi connectivity index (χ1v) is 9.50. The van der Waals surface area contributed by atoms with E-state index in [0.29, 0.717) is 0 Å². The number of rotatable bonds is 6. The monoisotopic (exact) mass is 349 g/mol. The van der Waals surface area contributed by atoms with Crippen LogP contribution in [0.15, 0.2) is 54.6 Å². The minimum atomic E-state index is 0.776. The maximum Gasteiger partial charge on any atom is 0.119 e. The SMILES string of the molecule is CN1CCN(CCCOc2ccc(-c3cc4ccccc4[nH]3)cc2)CC1. The van der Waals surface area contributed by atoms with Crippen molar-refractivity contribution in [3.63, 3.8) is 0 Å². The minimum absolute atomic E-state index is 0.776. The number of H-pyrrole nitrogens is 1. The van der Waals surface area contributed by atoms with Crippen LogP contribution in [0, 0.1) is 0 Å². The molecule has 1 aliphatic rings. The van der Waals surface area contributed by atoms with Gasteiger partial charge < -0.3 is 19.5 Å². The molecule has 3 aromatic rings. The van der Waals surface area contributed by atoms with Gasteiger partial charge in [-0.25, -0.2) is 0 Å². The molecule has 1 aromatic heterocycles. The molecule has 4 rings (SSSR count). The van der Waals surface area contributed by atoms with Crippen molar-refractivity contribution in [1.29, 1.82) is 0 Å². The standard InChI is InChI=1S/C22H27N3O/c1-24-12-14-25(15-13-24)11-4-16-26-20-9-7-18(8-10-20)22-17-19-5-2-3-6-21(19)23-22/h2-3,5-10,17,23H,4,11-16H2,1H3. The average Bonchev–Trinajstić information content (AvgIpc) is 3.11. The summed E-state index contributed by atoms with van der Waals surface area (Å²) in [6, 6.07) is 18.9. The number of aromatic amines is 1. The maximum atomic E-state index is 5.92. The molecule has 0 spiro atoms. The number of nitrogens with one attached hydrogen (secondary N) is 1. The number of aromatic nitrogens is 1. The van der Waals surface area contributed by atoms with Crippen LogP contribution in [0.5, 0.6) is 5.75 Å². The molecule has 1 aliphatic heterocycles. The third-order valence-electron chi connectivity index (χ3n) is 5.18. The van der Waals surface area contributed by atoms with E-state index in [-0.39, 0.29) is 0 Å². The van der Waals surface area contributed by atoms with Gasteiger partial charge in [-0.05, 0) is 55.4 Å². The van der Waals surface area contributed by atoms with Crippen LogP contribution < -0.4 is 4.74 Å².